The molecule has 1 aromatic heterocycles. The zero-order chi connectivity index (χ0) is 21.1. The van der Waals surface area contributed by atoms with Gasteiger partial charge in [0.2, 0.25) is 12.7 Å². The van der Waals surface area contributed by atoms with Crippen molar-refractivity contribution < 1.29 is 23.6 Å². The number of amides is 1. The highest BCUT2D eigenvalue weighted by molar-refractivity contribution is 5.82. The average molecular weight is 407 g/mol. The molecule has 0 saturated carbocycles. The van der Waals surface area contributed by atoms with Crippen LogP contribution in [0.4, 0.5) is 5.69 Å². The standard InChI is InChI=1S/C21H17N3O6/c1-13-2-5-16(17(8-13)24(26)27)18-7-4-15(30-18)11-22-23-21(25)10-14-3-6-19-20(9-14)29-12-28-19/h2-9,11H,10,12H2,1H3,(H,23,25)/b22-11-. The molecule has 1 amide bonds. The quantitative estimate of drug-likeness (QED) is 0.379. The van der Waals surface area contributed by atoms with E-state index in [0.29, 0.717) is 28.6 Å². The van der Waals surface area contributed by atoms with Gasteiger partial charge in [0.1, 0.15) is 11.5 Å². The van der Waals surface area contributed by atoms with Crippen LogP contribution in [0, 0.1) is 17.0 Å². The molecule has 0 atom stereocenters. The molecule has 3 aromatic rings. The number of carbonyl (C=O) groups is 1. The lowest BCUT2D eigenvalue weighted by Crippen LogP contribution is -2.19. The summed E-state index contributed by atoms with van der Waals surface area (Å²) in [6.07, 6.45) is 1.45. The van der Waals surface area contributed by atoms with Crippen molar-refractivity contribution in [3.63, 3.8) is 0 Å². The van der Waals surface area contributed by atoms with Crippen molar-refractivity contribution in [1.82, 2.24) is 5.43 Å². The normalized spacial score (nSPS) is 12.3. The summed E-state index contributed by atoms with van der Waals surface area (Å²) in [5, 5.41) is 15.2. The van der Waals surface area contributed by atoms with Gasteiger partial charge in [-0.3, -0.25) is 14.9 Å². The second-order valence-corrected chi connectivity index (χ2v) is 6.64. The molecule has 1 N–H and O–H groups in total. The SMILES string of the molecule is Cc1ccc(-c2ccc(/C=N\NC(=O)Cc3ccc4c(c3)OCO4)o2)c([N+](=O)[O-])c1. The molecule has 0 bridgehead atoms. The molecule has 4 rings (SSSR count). The lowest BCUT2D eigenvalue weighted by molar-refractivity contribution is -0.384. The fourth-order valence-electron chi connectivity index (χ4n) is 3.01. The molecule has 0 unspecified atom stereocenters. The van der Waals surface area contributed by atoms with Crippen LogP contribution in [-0.4, -0.2) is 23.8 Å². The summed E-state index contributed by atoms with van der Waals surface area (Å²) < 4.78 is 16.1. The summed E-state index contributed by atoms with van der Waals surface area (Å²) in [5.41, 5.74) is 4.30. The van der Waals surface area contributed by atoms with Gasteiger partial charge in [-0.1, -0.05) is 12.1 Å². The van der Waals surface area contributed by atoms with Gasteiger partial charge in [0, 0.05) is 6.07 Å². The highest BCUT2D eigenvalue weighted by Gasteiger charge is 2.18. The van der Waals surface area contributed by atoms with Crippen LogP contribution in [0.1, 0.15) is 16.9 Å². The van der Waals surface area contributed by atoms with E-state index in [-0.39, 0.29) is 24.8 Å². The summed E-state index contributed by atoms with van der Waals surface area (Å²) in [7, 11) is 0. The molecule has 0 aliphatic carbocycles. The number of nitro benzene ring substituents is 1. The van der Waals surface area contributed by atoms with Crippen LogP contribution in [0.15, 0.2) is 58.0 Å². The predicted molar refractivity (Wildman–Crippen MR) is 108 cm³/mol. The number of benzene rings is 2. The summed E-state index contributed by atoms with van der Waals surface area (Å²) in [5.74, 6) is 1.64. The Bertz CT molecular complexity index is 1150. The Morgan fingerprint density at radius 3 is 2.83 bits per heavy atom. The van der Waals surface area contributed by atoms with Crippen molar-refractivity contribution in [2.75, 3.05) is 6.79 Å². The maximum Gasteiger partial charge on any atom is 0.280 e. The van der Waals surface area contributed by atoms with E-state index in [1.807, 2.05) is 0 Å². The predicted octanol–water partition coefficient (Wildman–Crippen LogP) is 3.58. The second kappa shape index (κ2) is 8.08. The number of furan rings is 1. The molecule has 30 heavy (non-hydrogen) atoms. The van der Waals surface area contributed by atoms with E-state index in [1.165, 1.54) is 12.3 Å². The first-order valence-corrected chi connectivity index (χ1v) is 9.05. The smallest absolute Gasteiger partial charge is 0.280 e. The number of hydrogen-bond acceptors (Lipinski definition) is 7. The summed E-state index contributed by atoms with van der Waals surface area (Å²) in [4.78, 5) is 22.9. The maximum absolute atomic E-state index is 12.1. The zero-order valence-corrected chi connectivity index (χ0v) is 16.0. The summed E-state index contributed by atoms with van der Waals surface area (Å²) >= 11 is 0. The van der Waals surface area contributed by atoms with Crippen LogP contribution in [0.3, 0.4) is 0 Å². The third-order valence-corrected chi connectivity index (χ3v) is 4.42. The van der Waals surface area contributed by atoms with Gasteiger partial charge in [0.25, 0.3) is 5.69 Å². The van der Waals surface area contributed by atoms with E-state index in [9.17, 15) is 14.9 Å². The molecule has 0 spiro atoms. The van der Waals surface area contributed by atoms with Crippen molar-refractivity contribution in [3.8, 4) is 22.8 Å². The van der Waals surface area contributed by atoms with Crippen LogP contribution in [0.5, 0.6) is 11.5 Å². The van der Waals surface area contributed by atoms with Gasteiger partial charge in [-0.2, -0.15) is 5.10 Å². The minimum absolute atomic E-state index is 0.0372. The van der Waals surface area contributed by atoms with E-state index in [4.69, 9.17) is 13.9 Å². The zero-order valence-electron chi connectivity index (χ0n) is 16.0. The molecule has 152 valence electrons. The third-order valence-electron chi connectivity index (χ3n) is 4.42. The van der Waals surface area contributed by atoms with Gasteiger partial charge >= 0.3 is 0 Å². The number of hydrazone groups is 1. The van der Waals surface area contributed by atoms with E-state index >= 15 is 0 Å². The first-order chi connectivity index (χ1) is 14.5. The van der Waals surface area contributed by atoms with Crippen molar-refractivity contribution in [3.05, 3.63) is 75.5 Å². The van der Waals surface area contributed by atoms with Crippen LogP contribution in [0.25, 0.3) is 11.3 Å². The maximum atomic E-state index is 12.1. The highest BCUT2D eigenvalue weighted by atomic mass is 16.7. The van der Waals surface area contributed by atoms with Crippen molar-refractivity contribution in [2.24, 2.45) is 5.10 Å². The van der Waals surface area contributed by atoms with E-state index in [2.05, 4.69) is 10.5 Å². The minimum Gasteiger partial charge on any atom is -0.455 e. The molecule has 2 aromatic carbocycles. The molecule has 0 radical (unpaired) electrons. The molecule has 2 heterocycles. The third kappa shape index (κ3) is 4.14. The molecular weight excluding hydrogens is 390 g/mol. The van der Waals surface area contributed by atoms with Crippen LogP contribution in [0.2, 0.25) is 0 Å². The largest absolute Gasteiger partial charge is 0.455 e. The number of aryl methyl sites for hydroxylation is 1. The Balaban J connectivity index is 1.39. The Morgan fingerprint density at radius 1 is 1.17 bits per heavy atom. The monoisotopic (exact) mass is 407 g/mol. The van der Waals surface area contributed by atoms with Gasteiger partial charge in [0.05, 0.1) is 23.1 Å². The highest BCUT2D eigenvalue weighted by Crippen LogP contribution is 2.33. The lowest BCUT2D eigenvalue weighted by atomic mass is 10.1. The van der Waals surface area contributed by atoms with Crippen LogP contribution < -0.4 is 14.9 Å². The molecule has 0 fully saturated rings. The average Bonchev–Trinajstić information content (AvgIpc) is 3.37. The fraction of sp³-hybridized carbons (Fsp3) is 0.143. The number of nitrogens with zero attached hydrogens (tertiary/aromatic N) is 2. The minimum atomic E-state index is -0.449. The van der Waals surface area contributed by atoms with Gasteiger partial charge in [0.15, 0.2) is 11.5 Å². The number of nitro groups is 1. The van der Waals surface area contributed by atoms with Crippen molar-refractivity contribution >= 4 is 17.8 Å². The number of fused-ring (bicyclic) bond motifs is 1. The Labute approximate surface area is 171 Å². The topological polar surface area (TPSA) is 116 Å². The molecule has 0 saturated heterocycles. The number of rotatable bonds is 6. The summed E-state index contributed by atoms with van der Waals surface area (Å²) in [6, 6.07) is 13.4. The Morgan fingerprint density at radius 2 is 2.00 bits per heavy atom. The van der Waals surface area contributed by atoms with Crippen LogP contribution >= 0.6 is 0 Å². The van der Waals surface area contributed by atoms with E-state index in [1.54, 1.807) is 49.4 Å². The molecular formula is C21H17N3O6. The number of hydrogen-bond donors (Lipinski definition) is 1. The number of ether oxygens (including phenoxy) is 2. The molecule has 1 aliphatic heterocycles. The van der Waals surface area contributed by atoms with Crippen molar-refractivity contribution in [1.29, 1.82) is 0 Å². The van der Waals surface area contributed by atoms with Gasteiger partial charge in [-0.05, 0) is 48.4 Å². The fourth-order valence-corrected chi connectivity index (χ4v) is 3.01. The Kier molecular flexibility index (Phi) is 5.17. The molecule has 9 heteroatoms. The van der Waals surface area contributed by atoms with Crippen molar-refractivity contribution in [2.45, 2.75) is 13.3 Å². The molecule has 1 aliphatic rings. The van der Waals surface area contributed by atoms with E-state index < -0.39 is 4.92 Å². The first kappa shape index (κ1) is 19.2. The summed E-state index contributed by atoms with van der Waals surface area (Å²) in [6.45, 7) is 1.95. The lowest BCUT2D eigenvalue weighted by Gasteiger charge is -2.02. The number of nitrogens with one attached hydrogen (secondary N) is 1. The molecule has 9 nitrogen and oxygen atoms in total. The van der Waals surface area contributed by atoms with Gasteiger partial charge in [-0.15, -0.1) is 0 Å². The number of carbonyl (C=O) groups excluding carboxylic acids is 1. The van der Waals surface area contributed by atoms with E-state index in [0.717, 1.165) is 11.1 Å². The van der Waals surface area contributed by atoms with Gasteiger partial charge in [-0.25, -0.2) is 5.43 Å². The second-order valence-electron chi connectivity index (χ2n) is 6.64. The van der Waals surface area contributed by atoms with Gasteiger partial charge < -0.3 is 13.9 Å². The van der Waals surface area contributed by atoms with Crippen LogP contribution in [-0.2, 0) is 11.2 Å². The first-order valence-electron chi connectivity index (χ1n) is 9.05. The Hall–Kier alpha value is -4.14.